The van der Waals surface area contributed by atoms with Gasteiger partial charge in [0, 0.05) is 23.5 Å². The van der Waals surface area contributed by atoms with Crippen LogP contribution < -0.4 is 4.90 Å². The van der Waals surface area contributed by atoms with Gasteiger partial charge in [-0.15, -0.1) is 11.3 Å². The van der Waals surface area contributed by atoms with Crippen molar-refractivity contribution in [2.75, 3.05) is 11.9 Å². The number of hydrogen-bond donors (Lipinski definition) is 0. The molecule has 0 spiro atoms. The van der Waals surface area contributed by atoms with Crippen LogP contribution in [0.25, 0.3) is 0 Å². The molecule has 1 aromatic carbocycles. The maximum absolute atomic E-state index is 12.5. The van der Waals surface area contributed by atoms with Crippen LogP contribution in [0.1, 0.15) is 17.0 Å². The monoisotopic (exact) mass is 272 g/mol. The largest absolute Gasteiger partial charge is 0.315 e. The second kappa shape index (κ2) is 5.13. The van der Waals surface area contributed by atoms with Gasteiger partial charge in [0.25, 0.3) is 0 Å². The number of rotatable bonds is 2. The highest BCUT2D eigenvalue weighted by atomic mass is 32.1. The van der Waals surface area contributed by atoms with E-state index in [0.29, 0.717) is 0 Å². The van der Waals surface area contributed by atoms with E-state index < -0.39 is 0 Å². The van der Waals surface area contributed by atoms with Gasteiger partial charge in [0.05, 0.1) is 11.2 Å². The van der Waals surface area contributed by atoms with Crippen molar-refractivity contribution in [3.8, 4) is 0 Å². The average Bonchev–Trinajstić information content (AvgIpc) is 2.94. The van der Waals surface area contributed by atoms with E-state index in [4.69, 9.17) is 0 Å². The van der Waals surface area contributed by atoms with Crippen molar-refractivity contribution in [2.24, 2.45) is 5.92 Å². The van der Waals surface area contributed by atoms with Gasteiger partial charge in [0.1, 0.15) is 0 Å². The lowest BCUT2D eigenvalue weighted by atomic mass is 9.90. The minimum absolute atomic E-state index is 0.0955. The Morgan fingerprint density at radius 1 is 1.37 bits per heavy atom. The zero-order valence-corrected chi connectivity index (χ0v) is 11.7. The zero-order chi connectivity index (χ0) is 13.2. The molecule has 0 radical (unpaired) electrons. The van der Waals surface area contributed by atoms with E-state index in [-0.39, 0.29) is 11.8 Å². The third-order valence-electron chi connectivity index (χ3n) is 3.71. The highest BCUT2D eigenvalue weighted by Crippen LogP contribution is 2.29. The molecule has 1 aliphatic rings. The number of thiazole rings is 1. The number of aryl methyl sites for hydroxylation is 1. The van der Waals surface area contributed by atoms with Gasteiger partial charge in [-0.05, 0) is 31.4 Å². The molecule has 0 bridgehead atoms. The molecule has 4 heteroatoms. The average molecular weight is 272 g/mol. The number of amides is 1. The van der Waals surface area contributed by atoms with Crippen molar-refractivity contribution < 1.29 is 4.79 Å². The summed E-state index contributed by atoms with van der Waals surface area (Å²) in [4.78, 5) is 19.9. The van der Waals surface area contributed by atoms with Gasteiger partial charge in [-0.1, -0.05) is 18.2 Å². The topological polar surface area (TPSA) is 33.2 Å². The fourth-order valence-electron chi connectivity index (χ4n) is 2.56. The van der Waals surface area contributed by atoms with Gasteiger partial charge in [0.15, 0.2) is 0 Å². The minimum atomic E-state index is 0.0955. The molecule has 1 unspecified atom stereocenters. The fraction of sp³-hybridized carbons (Fsp3) is 0.333. The Morgan fingerprint density at radius 2 is 2.16 bits per heavy atom. The Kier molecular flexibility index (Phi) is 3.34. The van der Waals surface area contributed by atoms with Crippen LogP contribution >= 0.6 is 11.3 Å². The Bertz CT molecular complexity index is 579. The highest BCUT2D eigenvalue weighted by molar-refractivity contribution is 7.09. The van der Waals surface area contributed by atoms with E-state index in [2.05, 4.69) is 4.98 Å². The second-order valence-electron chi connectivity index (χ2n) is 4.89. The number of fused-ring (bicyclic) bond motifs is 1. The van der Waals surface area contributed by atoms with Crippen LogP contribution in [0.5, 0.6) is 0 Å². The van der Waals surface area contributed by atoms with Crippen LogP contribution in [0.15, 0.2) is 35.8 Å². The zero-order valence-electron chi connectivity index (χ0n) is 10.9. The Labute approximate surface area is 116 Å². The summed E-state index contributed by atoms with van der Waals surface area (Å²) in [6.45, 7) is 0. The molecule has 0 saturated heterocycles. The number of hydrogen-bond acceptors (Lipinski definition) is 3. The van der Waals surface area contributed by atoms with Gasteiger partial charge in [0.2, 0.25) is 5.91 Å². The molecule has 1 aliphatic carbocycles. The molecule has 1 atom stereocenters. The van der Waals surface area contributed by atoms with E-state index in [1.54, 1.807) is 16.2 Å². The predicted molar refractivity (Wildman–Crippen MR) is 77.5 cm³/mol. The lowest BCUT2D eigenvalue weighted by Gasteiger charge is -2.26. The number of benzene rings is 1. The van der Waals surface area contributed by atoms with E-state index >= 15 is 0 Å². The summed E-state index contributed by atoms with van der Waals surface area (Å²) in [5, 5.41) is 0. The van der Waals surface area contributed by atoms with Crippen LogP contribution in [0.2, 0.25) is 0 Å². The fourth-order valence-corrected chi connectivity index (χ4v) is 3.46. The summed E-state index contributed by atoms with van der Waals surface area (Å²) >= 11 is 1.67. The van der Waals surface area contributed by atoms with Gasteiger partial charge in [-0.25, -0.2) is 4.98 Å². The van der Waals surface area contributed by atoms with Crippen molar-refractivity contribution >= 4 is 22.9 Å². The maximum atomic E-state index is 12.5. The first kappa shape index (κ1) is 12.4. The third-order valence-corrected chi connectivity index (χ3v) is 4.61. The molecule has 0 N–H and O–H groups in total. The number of nitrogens with zero attached hydrogens (tertiary/aromatic N) is 2. The van der Waals surface area contributed by atoms with E-state index in [9.17, 15) is 4.79 Å². The van der Waals surface area contributed by atoms with Crippen molar-refractivity contribution in [1.29, 1.82) is 0 Å². The smallest absolute Gasteiger partial charge is 0.230 e. The summed E-state index contributed by atoms with van der Waals surface area (Å²) in [7, 11) is 1.86. The SMILES string of the molecule is CN(C(=O)C1CCc2ncsc2C1)c1ccccc1. The molecular weight excluding hydrogens is 256 g/mol. The lowest BCUT2D eigenvalue weighted by Crippen LogP contribution is -2.35. The first-order valence-electron chi connectivity index (χ1n) is 6.49. The van der Waals surface area contributed by atoms with Gasteiger partial charge in [-0.3, -0.25) is 4.79 Å². The lowest BCUT2D eigenvalue weighted by molar-refractivity contribution is -0.122. The third kappa shape index (κ3) is 2.40. The van der Waals surface area contributed by atoms with E-state index in [0.717, 1.165) is 24.9 Å². The molecule has 19 heavy (non-hydrogen) atoms. The molecule has 2 aromatic rings. The van der Waals surface area contributed by atoms with Crippen LogP contribution in [0.4, 0.5) is 5.69 Å². The molecule has 0 fully saturated rings. The second-order valence-corrected chi connectivity index (χ2v) is 5.83. The van der Waals surface area contributed by atoms with Crippen LogP contribution in [-0.4, -0.2) is 17.9 Å². The summed E-state index contributed by atoms with van der Waals surface area (Å²) in [6.07, 6.45) is 2.68. The van der Waals surface area contributed by atoms with Crippen molar-refractivity contribution in [3.05, 3.63) is 46.4 Å². The molecule has 98 valence electrons. The van der Waals surface area contributed by atoms with Crippen molar-refractivity contribution in [2.45, 2.75) is 19.3 Å². The predicted octanol–water partition coefficient (Wildman–Crippen LogP) is 2.91. The van der Waals surface area contributed by atoms with Crippen molar-refractivity contribution in [3.63, 3.8) is 0 Å². The summed E-state index contributed by atoms with van der Waals surface area (Å²) in [5.41, 5.74) is 4.04. The number of aromatic nitrogens is 1. The number of carbonyl (C=O) groups is 1. The number of carbonyl (C=O) groups excluding carboxylic acids is 1. The van der Waals surface area contributed by atoms with Crippen LogP contribution in [-0.2, 0) is 17.6 Å². The van der Waals surface area contributed by atoms with E-state index in [1.165, 1.54) is 10.6 Å². The number of anilines is 1. The quantitative estimate of drug-likeness (QED) is 0.842. The molecule has 0 aliphatic heterocycles. The van der Waals surface area contributed by atoms with Crippen LogP contribution in [0.3, 0.4) is 0 Å². The number of para-hydroxylation sites is 1. The van der Waals surface area contributed by atoms with Crippen molar-refractivity contribution in [1.82, 2.24) is 4.98 Å². The molecular formula is C15H16N2OS. The van der Waals surface area contributed by atoms with Gasteiger partial charge >= 0.3 is 0 Å². The van der Waals surface area contributed by atoms with Crippen LogP contribution in [0, 0.1) is 5.92 Å². The first-order chi connectivity index (χ1) is 9.25. The Hall–Kier alpha value is -1.68. The van der Waals surface area contributed by atoms with Gasteiger partial charge in [-0.2, -0.15) is 0 Å². The Balaban J connectivity index is 1.75. The minimum Gasteiger partial charge on any atom is -0.315 e. The summed E-state index contributed by atoms with van der Waals surface area (Å²) in [5.74, 6) is 0.309. The first-order valence-corrected chi connectivity index (χ1v) is 7.37. The Morgan fingerprint density at radius 3 is 2.95 bits per heavy atom. The maximum Gasteiger partial charge on any atom is 0.230 e. The highest BCUT2D eigenvalue weighted by Gasteiger charge is 2.28. The summed E-state index contributed by atoms with van der Waals surface area (Å²) in [6, 6.07) is 9.83. The normalized spacial score (nSPS) is 17.8. The molecule has 1 aromatic heterocycles. The molecule has 1 heterocycles. The van der Waals surface area contributed by atoms with E-state index in [1.807, 2.05) is 42.9 Å². The molecule has 3 rings (SSSR count). The standard InChI is InChI=1S/C15H16N2OS/c1-17(12-5-3-2-4-6-12)15(18)11-7-8-13-14(9-11)19-10-16-13/h2-6,10-11H,7-9H2,1H3. The molecule has 1 amide bonds. The molecule has 3 nitrogen and oxygen atoms in total. The van der Waals surface area contributed by atoms with Gasteiger partial charge < -0.3 is 4.90 Å². The summed E-state index contributed by atoms with van der Waals surface area (Å²) < 4.78 is 0. The molecule has 0 saturated carbocycles.